The smallest absolute Gasteiger partial charge is 0.0637 e. The van der Waals surface area contributed by atoms with Gasteiger partial charge in [0, 0.05) is 25.3 Å². The van der Waals surface area contributed by atoms with E-state index in [1.165, 1.54) is 11.3 Å². The predicted molar refractivity (Wildman–Crippen MR) is 89.7 cm³/mol. The summed E-state index contributed by atoms with van der Waals surface area (Å²) in [6.45, 7) is 10.4. The van der Waals surface area contributed by atoms with Gasteiger partial charge in [0.05, 0.1) is 5.60 Å². The molecule has 21 heavy (non-hydrogen) atoms. The van der Waals surface area contributed by atoms with Gasteiger partial charge in [-0.2, -0.15) is 0 Å². The third-order valence-corrected chi connectivity index (χ3v) is 4.25. The summed E-state index contributed by atoms with van der Waals surface area (Å²) in [7, 11) is 0. The predicted octanol–water partition coefficient (Wildman–Crippen LogP) is 3.17. The Morgan fingerprint density at radius 3 is 2.57 bits per heavy atom. The minimum atomic E-state index is -0.491. The van der Waals surface area contributed by atoms with Crippen molar-refractivity contribution in [3.63, 3.8) is 0 Å². The van der Waals surface area contributed by atoms with E-state index in [9.17, 15) is 5.11 Å². The molecule has 2 N–H and O–H groups in total. The highest BCUT2D eigenvalue weighted by Crippen LogP contribution is 2.25. The Morgan fingerprint density at radius 1 is 1.19 bits per heavy atom. The maximum Gasteiger partial charge on any atom is 0.0637 e. The van der Waals surface area contributed by atoms with Crippen molar-refractivity contribution >= 4 is 5.69 Å². The summed E-state index contributed by atoms with van der Waals surface area (Å²) in [5.74, 6) is 0.689. The lowest BCUT2D eigenvalue weighted by Crippen LogP contribution is -2.28. The Morgan fingerprint density at radius 2 is 1.90 bits per heavy atom. The number of anilines is 1. The molecule has 0 amide bonds. The van der Waals surface area contributed by atoms with E-state index in [4.69, 9.17) is 0 Å². The fraction of sp³-hybridized carbons (Fsp3) is 0.667. The van der Waals surface area contributed by atoms with Crippen molar-refractivity contribution in [1.82, 2.24) is 5.32 Å². The van der Waals surface area contributed by atoms with E-state index in [1.54, 1.807) is 0 Å². The van der Waals surface area contributed by atoms with Crippen LogP contribution < -0.4 is 10.2 Å². The summed E-state index contributed by atoms with van der Waals surface area (Å²) >= 11 is 0. The molecule has 0 bridgehead atoms. The molecule has 1 saturated heterocycles. The SMILES string of the molecule is CC(C)CNCc1ccc(N2CCCC(C)(O)CC2)cc1. The number of hydrogen-bond acceptors (Lipinski definition) is 3. The lowest BCUT2D eigenvalue weighted by molar-refractivity contribution is 0.0481. The van der Waals surface area contributed by atoms with Crippen molar-refractivity contribution in [3.8, 4) is 0 Å². The van der Waals surface area contributed by atoms with E-state index < -0.39 is 5.60 Å². The number of aliphatic hydroxyl groups is 1. The molecule has 0 radical (unpaired) electrons. The van der Waals surface area contributed by atoms with E-state index in [1.807, 2.05) is 6.92 Å². The first-order valence-electron chi connectivity index (χ1n) is 8.23. The Hall–Kier alpha value is -1.06. The van der Waals surface area contributed by atoms with Crippen LogP contribution in [0.5, 0.6) is 0 Å². The quantitative estimate of drug-likeness (QED) is 0.874. The van der Waals surface area contributed by atoms with Crippen molar-refractivity contribution in [2.75, 3.05) is 24.5 Å². The lowest BCUT2D eigenvalue weighted by atomic mass is 9.98. The normalized spacial score (nSPS) is 23.4. The molecule has 1 aromatic carbocycles. The summed E-state index contributed by atoms with van der Waals surface area (Å²) < 4.78 is 0. The molecule has 3 nitrogen and oxygen atoms in total. The molecule has 1 fully saturated rings. The largest absolute Gasteiger partial charge is 0.390 e. The van der Waals surface area contributed by atoms with Gasteiger partial charge in [-0.1, -0.05) is 26.0 Å². The van der Waals surface area contributed by atoms with Gasteiger partial charge in [0.1, 0.15) is 0 Å². The van der Waals surface area contributed by atoms with Gasteiger partial charge in [-0.3, -0.25) is 0 Å². The zero-order chi connectivity index (χ0) is 15.3. The first-order valence-corrected chi connectivity index (χ1v) is 8.23. The van der Waals surface area contributed by atoms with Gasteiger partial charge in [0.2, 0.25) is 0 Å². The van der Waals surface area contributed by atoms with Crippen molar-refractivity contribution in [1.29, 1.82) is 0 Å². The number of hydrogen-bond donors (Lipinski definition) is 2. The topological polar surface area (TPSA) is 35.5 Å². The first kappa shape index (κ1) is 16.3. The van der Waals surface area contributed by atoms with Crippen LogP contribution in [0.4, 0.5) is 5.69 Å². The number of rotatable bonds is 5. The van der Waals surface area contributed by atoms with Crippen LogP contribution >= 0.6 is 0 Å². The number of nitrogens with zero attached hydrogens (tertiary/aromatic N) is 1. The highest BCUT2D eigenvalue weighted by atomic mass is 16.3. The fourth-order valence-corrected chi connectivity index (χ4v) is 2.85. The number of benzene rings is 1. The number of nitrogens with one attached hydrogen (secondary N) is 1. The zero-order valence-corrected chi connectivity index (χ0v) is 13.7. The van der Waals surface area contributed by atoms with Crippen molar-refractivity contribution in [2.45, 2.75) is 52.2 Å². The maximum atomic E-state index is 10.2. The summed E-state index contributed by atoms with van der Waals surface area (Å²) in [6.07, 6.45) is 2.82. The maximum absolute atomic E-state index is 10.2. The van der Waals surface area contributed by atoms with Gasteiger partial charge in [-0.15, -0.1) is 0 Å². The lowest BCUT2D eigenvalue weighted by Gasteiger charge is -2.24. The van der Waals surface area contributed by atoms with Gasteiger partial charge in [0.25, 0.3) is 0 Å². The second-order valence-corrected chi connectivity index (χ2v) is 7.03. The highest BCUT2D eigenvalue weighted by molar-refractivity contribution is 5.47. The molecule has 0 aromatic heterocycles. The van der Waals surface area contributed by atoms with Gasteiger partial charge < -0.3 is 15.3 Å². The van der Waals surface area contributed by atoms with E-state index >= 15 is 0 Å². The van der Waals surface area contributed by atoms with Crippen LogP contribution in [0.25, 0.3) is 0 Å². The van der Waals surface area contributed by atoms with Crippen LogP contribution in [-0.4, -0.2) is 30.3 Å². The average Bonchev–Trinajstić information content (AvgIpc) is 2.60. The molecule has 0 aliphatic carbocycles. The standard InChI is InChI=1S/C18H30N2O/c1-15(2)13-19-14-16-5-7-17(8-6-16)20-11-4-9-18(3,21)10-12-20/h5-8,15,19,21H,4,9-14H2,1-3H3. The van der Waals surface area contributed by atoms with Gasteiger partial charge in [0.15, 0.2) is 0 Å². The van der Waals surface area contributed by atoms with Crippen LogP contribution in [0, 0.1) is 5.92 Å². The molecular weight excluding hydrogens is 260 g/mol. The molecule has 1 aliphatic rings. The van der Waals surface area contributed by atoms with Gasteiger partial charge in [-0.25, -0.2) is 0 Å². The summed E-state index contributed by atoms with van der Waals surface area (Å²) in [4.78, 5) is 2.40. The van der Waals surface area contributed by atoms with Crippen LogP contribution in [0.1, 0.15) is 45.6 Å². The second-order valence-electron chi connectivity index (χ2n) is 7.03. The van der Waals surface area contributed by atoms with E-state index in [0.717, 1.165) is 45.4 Å². The molecule has 1 aliphatic heterocycles. The molecule has 1 aromatic rings. The van der Waals surface area contributed by atoms with E-state index in [0.29, 0.717) is 5.92 Å². The monoisotopic (exact) mass is 290 g/mol. The first-order chi connectivity index (χ1) is 9.96. The second kappa shape index (κ2) is 7.28. The van der Waals surface area contributed by atoms with Crippen LogP contribution in [0.3, 0.4) is 0 Å². The van der Waals surface area contributed by atoms with Crippen LogP contribution in [0.2, 0.25) is 0 Å². The van der Waals surface area contributed by atoms with Gasteiger partial charge in [-0.05, 0) is 56.3 Å². The van der Waals surface area contributed by atoms with Crippen molar-refractivity contribution < 1.29 is 5.11 Å². The Kier molecular flexibility index (Phi) is 5.65. The molecule has 1 unspecified atom stereocenters. The molecule has 1 atom stereocenters. The van der Waals surface area contributed by atoms with Gasteiger partial charge >= 0.3 is 0 Å². The van der Waals surface area contributed by atoms with E-state index in [-0.39, 0.29) is 0 Å². The summed E-state index contributed by atoms with van der Waals surface area (Å²) in [5.41, 5.74) is 2.12. The fourth-order valence-electron chi connectivity index (χ4n) is 2.85. The molecule has 1 heterocycles. The Labute approximate surface area is 129 Å². The average molecular weight is 290 g/mol. The van der Waals surface area contributed by atoms with Crippen LogP contribution in [-0.2, 0) is 6.54 Å². The molecule has 0 spiro atoms. The Balaban J connectivity index is 1.89. The Bertz CT molecular complexity index is 425. The zero-order valence-electron chi connectivity index (χ0n) is 13.7. The minimum absolute atomic E-state index is 0.491. The van der Waals surface area contributed by atoms with E-state index in [2.05, 4.69) is 48.3 Å². The molecule has 2 rings (SSSR count). The molecule has 118 valence electrons. The third kappa shape index (κ3) is 5.33. The van der Waals surface area contributed by atoms with Crippen molar-refractivity contribution in [2.24, 2.45) is 5.92 Å². The minimum Gasteiger partial charge on any atom is -0.390 e. The summed E-state index contributed by atoms with van der Waals surface area (Å²) in [6, 6.07) is 8.86. The molecular formula is C18H30N2O. The highest BCUT2D eigenvalue weighted by Gasteiger charge is 2.24. The van der Waals surface area contributed by atoms with Crippen molar-refractivity contribution in [3.05, 3.63) is 29.8 Å². The molecule has 3 heteroatoms. The molecule has 0 saturated carbocycles. The third-order valence-electron chi connectivity index (χ3n) is 4.25. The van der Waals surface area contributed by atoms with Crippen LogP contribution in [0.15, 0.2) is 24.3 Å². The summed E-state index contributed by atoms with van der Waals surface area (Å²) in [5, 5.41) is 13.6.